The molecule has 216 valence electrons. The van der Waals surface area contributed by atoms with Crippen molar-refractivity contribution in [3.63, 3.8) is 0 Å². The van der Waals surface area contributed by atoms with E-state index in [1.165, 1.54) is 6.08 Å². The molecule has 7 nitrogen and oxygen atoms in total. The van der Waals surface area contributed by atoms with Crippen LogP contribution in [-0.2, 0) is 14.3 Å². The van der Waals surface area contributed by atoms with Crippen LogP contribution in [0.3, 0.4) is 0 Å². The number of amides is 1. The summed E-state index contributed by atoms with van der Waals surface area (Å²) in [6.45, 7) is 11.0. The molecule has 0 bridgehead atoms. The maximum absolute atomic E-state index is 15.5. The minimum atomic E-state index is -1.32. The van der Waals surface area contributed by atoms with Gasteiger partial charge in [0.2, 0.25) is 5.91 Å². The largest absolute Gasteiger partial charge is 0.392 e. The molecule has 2 saturated heterocycles. The number of rotatable bonds is 4. The maximum atomic E-state index is 15.5. The van der Waals surface area contributed by atoms with Crippen LogP contribution in [0.5, 0.6) is 0 Å². The number of allylic oxidation sites excluding steroid dienone is 2. The quantitative estimate of drug-likeness (QED) is 0.366. The third-order valence-electron chi connectivity index (χ3n) is 8.42. The second-order valence-corrected chi connectivity index (χ2v) is 12.3. The normalized spacial score (nSPS) is 34.5. The summed E-state index contributed by atoms with van der Waals surface area (Å²) in [6.07, 6.45) is 4.73. The van der Waals surface area contributed by atoms with E-state index in [2.05, 4.69) is 10.3 Å². The predicted molar refractivity (Wildman–Crippen MR) is 149 cm³/mol. The van der Waals surface area contributed by atoms with E-state index in [9.17, 15) is 19.8 Å². The van der Waals surface area contributed by atoms with Gasteiger partial charge in [-0.3, -0.25) is 14.6 Å². The van der Waals surface area contributed by atoms with Crippen LogP contribution in [0.25, 0.3) is 6.08 Å². The van der Waals surface area contributed by atoms with Gasteiger partial charge in [0, 0.05) is 18.5 Å². The lowest BCUT2D eigenvalue weighted by Crippen LogP contribution is -2.48. The van der Waals surface area contributed by atoms with Gasteiger partial charge in [-0.05, 0) is 64.2 Å². The topological polar surface area (TPSA) is 112 Å². The summed E-state index contributed by atoms with van der Waals surface area (Å²) in [7, 11) is 0. The number of carbonyl (C=O) groups excluding carboxylic acids is 2. The van der Waals surface area contributed by atoms with E-state index >= 15 is 4.39 Å². The molecule has 0 saturated carbocycles. The summed E-state index contributed by atoms with van der Waals surface area (Å²) < 4.78 is 21.4. The van der Waals surface area contributed by atoms with E-state index in [1.54, 1.807) is 38.2 Å². The smallest absolute Gasteiger partial charge is 0.223 e. The zero-order valence-electron chi connectivity index (χ0n) is 24.1. The Labute approximate surface area is 231 Å². The first kappa shape index (κ1) is 31.1. The molecular formula is C31H45FN2O5. The molecule has 3 N–H and O–H groups in total. The first-order valence-electron chi connectivity index (χ1n) is 14.0. The van der Waals surface area contributed by atoms with Crippen molar-refractivity contribution in [2.24, 2.45) is 17.3 Å². The van der Waals surface area contributed by atoms with E-state index in [-0.39, 0.29) is 30.6 Å². The van der Waals surface area contributed by atoms with Crippen LogP contribution in [0.1, 0.15) is 85.8 Å². The van der Waals surface area contributed by atoms with E-state index in [1.807, 2.05) is 33.8 Å². The summed E-state index contributed by atoms with van der Waals surface area (Å²) in [5.74, 6) is -2.28. The third-order valence-corrected chi connectivity index (χ3v) is 8.42. The number of aliphatic hydroxyl groups is 2. The Morgan fingerprint density at radius 1 is 1.23 bits per heavy atom. The summed E-state index contributed by atoms with van der Waals surface area (Å²) in [4.78, 5) is 31.0. The number of Topliss-reactive ketones (excluding diaryl/α,β-unsaturated/α-hetero) is 1. The number of ketones is 1. The number of fused-ring (bicyclic) bond motifs is 1. The van der Waals surface area contributed by atoms with Crippen LogP contribution in [0.2, 0.25) is 0 Å². The van der Waals surface area contributed by atoms with Crippen molar-refractivity contribution in [3.05, 3.63) is 47.6 Å². The first-order chi connectivity index (χ1) is 18.2. The fourth-order valence-corrected chi connectivity index (χ4v) is 5.40. The van der Waals surface area contributed by atoms with Crippen LogP contribution in [0, 0.1) is 17.3 Å². The number of hydrogen-bond donors (Lipinski definition) is 3. The molecule has 8 heteroatoms. The third kappa shape index (κ3) is 8.05. The highest BCUT2D eigenvalue weighted by molar-refractivity contribution is 5.88. The molecule has 1 aromatic heterocycles. The SMILES string of the molecule is CC(C)=CCC1C(=O)C(C)(C)C(O)CC(=O)NC(C(F)=Cc2ccccn2)CC2OC2(C)CCCC(C)C1O. The highest BCUT2D eigenvalue weighted by Crippen LogP contribution is 2.44. The standard InChI is InChI=1S/C31H45FN2O5/c1-19(2)12-13-22-28(37)20(3)10-9-14-31(6)26(39-31)17-24(23(32)16-21-11-7-8-15-33-21)34-27(36)18-25(35)30(4,5)29(22)38/h7-8,11-12,15-16,20,22,24-26,28,35,37H,9-10,13-14,17-18H2,1-6H3,(H,34,36). The molecule has 2 fully saturated rings. The molecule has 3 rings (SSSR count). The molecule has 0 radical (unpaired) electrons. The average Bonchev–Trinajstić information content (AvgIpc) is 3.51. The van der Waals surface area contributed by atoms with Gasteiger partial charge in [0.05, 0.1) is 47.5 Å². The minimum Gasteiger partial charge on any atom is -0.392 e. The molecule has 39 heavy (non-hydrogen) atoms. The van der Waals surface area contributed by atoms with Crippen LogP contribution in [0.15, 0.2) is 41.9 Å². The zero-order chi connectivity index (χ0) is 29.0. The fourth-order valence-electron chi connectivity index (χ4n) is 5.40. The Morgan fingerprint density at radius 3 is 2.59 bits per heavy atom. The second-order valence-electron chi connectivity index (χ2n) is 12.3. The lowest BCUT2D eigenvalue weighted by Gasteiger charge is -2.36. The number of halogens is 1. The monoisotopic (exact) mass is 544 g/mol. The molecule has 7 unspecified atom stereocenters. The number of hydrogen-bond acceptors (Lipinski definition) is 6. The summed E-state index contributed by atoms with van der Waals surface area (Å²) in [6, 6.07) is 4.20. The van der Waals surface area contributed by atoms with E-state index in [0.29, 0.717) is 18.5 Å². The lowest BCUT2D eigenvalue weighted by molar-refractivity contribution is -0.144. The Morgan fingerprint density at radius 2 is 1.95 bits per heavy atom. The van der Waals surface area contributed by atoms with Gasteiger partial charge in [-0.15, -0.1) is 0 Å². The van der Waals surface area contributed by atoms with Gasteiger partial charge in [-0.2, -0.15) is 0 Å². The Hall–Kier alpha value is -2.42. The summed E-state index contributed by atoms with van der Waals surface area (Å²) in [5, 5.41) is 25.1. The second kappa shape index (κ2) is 12.8. The molecule has 0 aliphatic carbocycles. The Balaban J connectivity index is 1.90. The zero-order valence-corrected chi connectivity index (χ0v) is 24.1. The highest BCUT2D eigenvalue weighted by atomic mass is 19.1. The van der Waals surface area contributed by atoms with Gasteiger partial charge in [-0.1, -0.05) is 44.9 Å². The number of carbonyl (C=O) groups is 2. The van der Waals surface area contributed by atoms with Crippen molar-refractivity contribution in [2.75, 3.05) is 0 Å². The molecule has 1 aromatic rings. The molecule has 7 atom stereocenters. The summed E-state index contributed by atoms with van der Waals surface area (Å²) in [5.41, 5.74) is -0.290. The maximum Gasteiger partial charge on any atom is 0.223 e. The van der Waals surface area contributed by atoms with E-state index in [0.717, 1.165) is 18.4 Å². The fraction of sp³-hybridized carbons (Fsp3) is 0.645. The number of nitrogens with zero attached hydrogens (tertiary/aromatic N) is 1. The van der Waals surface area contributed by atoms with Crippen LogP contribution in [0.4, 0.5) is 4.39 Å². The number of aliphatic hydroxyl groups excluding tert-OH is 2. The van der Waals surface area contributed by atoms with Gasteiger partial charge in [-0.25, -0.2) is 4.39 Å². The van der Waals surface area contributed by atoms with E-state index in [4.69, 9.17) is 4.74 Å². The van der Waals surface area contributed by atoms with Crippen molar-refractivity contribution in [1.82, 2.24) is 10.3 Å². The summed E-state index contributed by atoms with van der Waals surface area (Å²) >= 11 is 0. The van der Waals surface area contributed by atoms with Crippen molar-refractivity contribution in [3.8, 4) is 0 Å². The lowest BCUT2D eigenvalue weighted by atomic mass is 9.71. The molecule has 0 aromatic carbocycles. The molecular weight excluding hydrogens is 499 g/mol. The van der Waals surface area contributed by atoms with Crippen molar-refractivity contribution < 1.29 is 28.9 Å². The Bertz CT molecular complexity index is 1070. The van der Waals surface area contributed by atoms with Crippen molar-refractivity contribution >= 4 is 17.8 Å². The number of pyridine rings is 1. The highest BCUT2D eigenvalue weighted by Gasteiger charge is 2.53. The molecule has 1 amide bonds. The minimum absolute atomic E-state index is 0.152. The van der Waals surface area contributed by atoms with E-state index < -0.39 is 46.9 Å². The molecule has 2 aliphatic rings. The van der Waals surface area contributed by atoms with Crippen LogP contribution >= 0.6 is 0 Å². The van der Waals surface area contributed by atoms with Gasteiger partial charge >= 0.3 is 0 Å². The molecule has 0 spiro atoms. The number of epoxide rings is 1. The van der Waals surface area contributed by atoms with Gasteiger partial charge in [0.1, 0.15) is 11.6 Å². The van der Waals surface area contributed by atoms with Gasteiger partial charge in [0.15, 0.2) is 0 Å². The van der Waals surface area contributed by atoms with Gasteiger partial charge < -0.3 is 20.3 Å². The first-order valence-corrected chi connectivity index (χ1v) is 14.0. The molecule has 3 heterocycles. The Kier molecular flexibility index (Phi) is 10.2. The number of nitrogens with one attached hydrogen (secondary N) is 1. The number of aromatic nitrogens is 1. The van der Waals surface area contributed by atoms with Gasteiger partial charge in [0.25, 0.3) is 0 Å². The van der Waals surface area contributed by atoms with Crippen LogP contribution < -0.4 is 5.32 Å². The van der Waals surface area contributed by atoms with Crippen molar-refractivity contribution in [1.29, 1.82) is 0 Å². The molecule has 2 aliphatic heterocycles. The number of ether oxygens (including phenoxy) is 1. The average molecular weight is 545 g/mol. The predicted octanol–water partition coefficient (Wildman–Crippen LogP) is 4.92. The van der Waals surface area contributed by atoms with Crippen LogP contribution in [-0.4, -0.2) is 56.8 Å². The van der Waals surface area contributed by atoms with Crippen molar-refractivity contribution in [2.45, 2.75) is 110 Å².